The fourth-order valence-electron chi connectivity index (χ4n) is 3.67. The third kappa shape index (κ3) is 8.26. The normalized spacial score (nSPS) is 11.7. The molecule has 0 saturated carbocycles. The molecule has 0 radical (unpaired) electrons. The van der Waals surface area contributed by atoms with E-state index in [1.807, 2.05) is 0 Å². The number of aryl methyl sites for hydroxylation is 1. The summed E-state index contributed by atoms with van der Waals surface area (Å²) in [7, 11) is 1.56. The van der Waals surface area contributed by atoms with Gasteiger partial charge in [0.25, 0.3) is 0 Å². The number of aliphatic hydroxyl groups is 1. The summed E-state index contributed by atoms with van der Waals surface area (Å²) in [6, 6.07) is 11.8. The number of ether oxygens (including phenoxy) is 1. The highest BCUT2D eigenvalue weighted by molar-refractivity contribution is 6.30. The molecule has 1 aromatic heterocycles. The lowest BCUT2D eigenvalue weighted by Crippen LogP contribution is -2.41. The van der Waals surface area contributed by atoms with E-state index in [9.17, 15) is 18.4 Å². The van der Waals surface area contributed by atoms with Crippen LogP contribution in [0.2, 0.25) is 5.02 Å². The van der Waals surface area contributed by atoms with Gasteiger partial charge in [0.15, 0.2) is 23.2 Å². The van der Waals surface area contributed by atoms with Crippen LogP contribution in [0.15, 0.2) is 53.1 Å². The Morgan fingerprint density at radius 1 is 1.19 bits per heavy atom. The maximum absolute atomic E-state index is 13.9. The van der Waals surface area contributed by atoms with E-state index in [0.29, 0.717) is 35.6 Å². The van der Waals surface area contributed by atoms with E-state index in [-0.39, 0.29) is 43.3 Å². The zero-order valence-electron chi connectivity index (χ0n) is 20.3. The third-order valence-electron chi connectivity index (χ3n) is 5.78. The van der Waals surface area contributed by atoms with Gasteiger partial charge in [-0.25, -0.2) is 13.6 Å². The first-order valence-corrected chi connectivity index (χ1v) is 12.1. The minimum atomic E-state index is -0.969. The minimum Gasteiger partial charge on any atom is -0.447 e. The second-order valence-corrected chi connectivity index (χ2v) is 8.84. The third-order valence-corrected chi connectivity index (χ3v) is 6.02. The molecule has 1 heterocycles. The number of aromatic nitrogens is 1. The van der Waals surface area contributed by atoms with Gasteiger partial charge in [0, 0.05) is 36.7 Å². The molecule has 3 rings (SSSR count). The van der Waals surface area contributed by atoms with Crippen molar-refractivity contribution in [2.75, 3.05) is 25.6 Å². The summed E-state index contributed by atoms with van der Waals surface area (Å²) < 4.78 is 37.9. The Bertz CT molecular complexity index is 1210. The second kappa shape index (κ2) is 13.7. The molecule has 8 nitrogen and oxygen atoms in total. The quantitative estimate of drug-likeness (QED) is 0.299. The van der Waals surface area contributed by atoms with Crippen LogP contribution < -0.4 is 5.32 Å². The van der Waals surface area contributed by atoms with Crippen LogP contribution in [0.5, 0.6) is 0 Å². The number of amides is 2. The molecule has 2 amide bonds. The van der Waals surface area contributed by atoms with Crippen molar-refractivity contribution in [3.8, 4) is 11.3 Å². The number of hydrogen-bond acceptors (Lipinski definition) is 6. The first-order chi connectivity index (χ1) is 17.8. The highest BCUT2D eigenvalue weighted by Gasteiger charge is 2.22. The smallest absolute Gasteiger partial charge is 0.412 e. The van der Waals surface area contributed by atoms with Gasteiger partial charge in [-0.05, 0) is 49.4 Å². The number of rotatable bonds is 12. The summed E-state index contributed by atoms with van der Waals surface area (Å²) >= 11 is 5.99. The Kier molecular flexibility index (Phi) is 10.4. The number of carbonyl (C=O) groups excluding carboxylic acids is 2. The number of likely N-dealkylation sites (N-methyl/N-ethyl adjacent to an activating group) is 1. The predicted octanol–water partition coefficient (Wildman–Crippen LogP) is 5.44. The average molecular weight is 536 g/mol. The number of anilines is 1. The van der Waals surface area contributed by atoms with Gasteiger partial charge in [0.1, 0.15) is 6.61 Å². The van der Waals surface area contributed by atoms with Gasteiger partial charge in [0.05, 0.1) is 6.04 Å². The molecule has 0 bridgehead atoms. The SMILES string of the molecule is CN(C(=O)CCc1cccc(F)c1F)[C@@H](CCCCO)COC(=O)Nc1cc(-c2cccc(Cl)c2)on1. The topological polar surface area (TPSA) is 105 Å². The van der Waals surface area contributed by atoms with E-state index >= 15 is 0 Å². The number of unbranched alkanes of at least 4 members (excludes halogenated alkanes) is 1. The van der Waals surface area contributed by atoms with E-state index < -0.39 is 23.8 Å². The standard InChI is InChI=1S/C26H28ClF2N3O5/c1-32(24(34)12-11-17-6-5-10-21(28)25(17)29)20(9-2-3-13-33)16-36-26(35)30-23-15-22(37-31-23)18-7-4-8-19(27)14-18/h4-8,10,14-15,20,33H,2-3,9,11-13,16H2,1H3,(H,30,31,35)/t20-/m0/s1. The van der Waals surface area contributed by atoms with E-state index in [1.54, 1.807) is 31.3 Å². The molecule has 0 spiro atoms. The van der Waals surface area contributed by atoms with Crippen molar-refractivity contribution in [2.24, 2.45) is 0 Å². The number of hydrogen-bond donors (Lipinski definition) is 2. The fourth-order valence-corrected chi connectivity index (χ4v) is 3.86. The lowest BCUT2D eigenvalue weighted by molar-refractivity contribution is -0.133. The van der Waals surface area contributed by atoms with Crippen LogP contribution in [0.25, 0.3) is 11.3 Å². The molecular weight excluding hydrogens is 508 g/mol. The molecule has 0 aliphatic heterocycles. The van der Waals surface area contributed by atoms with E-state index in [4.69, 9.17) is 26.0 Å². The van der Waals surface area contributed by atoms with Gasteiger partial charge in [-0.15, -0.1) is 0 Å². The van der Waals surface area contributed by atoms with Crippen molar-refractivity contribution in [3.63, 3.8) is 0 Å². The highest BCUT2D eigenvalue weighted by atomic mass is 35.5. The van der Waals surface area contributed by atoms with Crippen LogP contribution in [0.3, 0.4) is 0 Å². The van der Waals surface area contributed by atoms with Gasteiger partial charge in [-0.2, -0.15) is 0 Å². The van der Waals surface area contributed by atoms with Crippen LogP contribution in [-0.2, 0) is 16.0 Å². The molecule has 2 aromatic carbocycles. The Morgan fingerprint density at radius 3 is 2.73 bits per heavy atom. The molecule has 3 aromatic rings. The molecular formula is C26H28ClF2N3O5. The van der Waals surface area contributed by atoms with Crippen molar-refractivity contribution < 1.29 is 32.7 Å². The molecule has 198 valence electrons. The summed E-state index contributed by atoms with van der Waals surface area (Å²) in [5.74, 6) is -1.71. The van der Waals surface area contributed by atoms with E-state index in [2.05, 4.69) is 10.5 Å². The zero-order chi connectivity index (χ0) is 26.8. The van der Waals surface area contributed by atoms with Crippen molar-refractivity contribution in [1.29, 1.82) is 0 Å². The summed E-state index contributed by atoms with van der Waals surface area (Å²) in [6.45, 7) is -0.126. The van der Waals surface area contributed by atoms with Crippen LogP contribution in [-0.4, -0.2) is 53.5 Å². The summed E-state index contributed by atoms with van der Waals surface area (Å²) in [6.07, 6.45) is 0.760. The Labute approximate surface area is 218 Å². The number of carbonyl (C=O) groups is 2. The van der Waals surface area contributed by atoms with Crippen molar-refractivity contribution >= 4 is 29.4 Å². The monoisotopic (exact) mass is 535 g/mol. The molecule has 0 unspecified atom stereocenters. The summed E-state index contributed by atoms with van der Waals surface area (Å²) in [5.41, 5.74) is 0.794. The lowest BCUT2D eigenvalue weighted by atomic mass is 10.1. The van der Waals surface area contributed by atoms with Crippen LogP contribution in [0.1, 0.15) is 31.2 Å². The molecule has 1 atom stereocenters. The van der Waals surface area contributed by atoms with Gasteiger partial charge in [0.2, 0.25) is 5.91 Å². The second-order valence-electron chi connectivity index (χ2n) is 8.40. The number of benzene rings is 2. The molecule has 0 aliphatic carbocycles. The number of nitrogens with one attached hydrogen (secondary N) is 1. The molecule has 37 heavy (non-hydrogen) atoms. The fraction of sp³-hybridized carbons (Fsp3) is 0.346. The zero-order valence-corrected chi connectivity index (χ0v) is 21.0. The maximum Gasteiger partial charge on any atom is 0.412 e. The highest BCUT2D eigenvalue weighted by Crippen LogP contribution is 2.25. The molecule has 0 fully saturated rings. The first kappa shape index (κ1) is 28.1. The first-order valence-electron chi connectivity index (χ1n) is 11.7. The predicted molar refractivity (Wildman–Crippen MR) is 134 cm³/mol. The van der Waals surface area contributed by atoms with Crippen LogP contribution in [0.4, 0.5) is 19.4 Å². The molecule has 0 saturated heterocycles. The minimum absolute atomic E-state index is 0.00824. The van der Waals surface area contributed by atoms with Gasteiger partial charge in [-0.3, -0.25) is 10.1 Å². The Hall–Kier alpha value is -3.50. The van der Waals surface area contributed by atoms with E-state index in [0.717, 1.165) is 6.07 Å². The van der Waals surface area contributed by atoms with Gasteiger partial charge >= 0.3 is 6.09 Å². The van der Waals surface area contributed by atoms with Crippen LogP contribution >= 0.6 is 11.6 Å². The molecule has 11 heteroatoms. The Balaban J connectivity index is 1.55. The molecule has 0 aliphatic rings. The maximum atomic E-state index is 13.9. The lowest BCUT2D eigenvalue weighted by Gasteiger charge is -2.28. The van der Waals surface area contributed by atoms with Crippen molar-refractivity contribution in [1.82, 2.24) is 10.1 Å². The van der Waals surface area contributed by atoms with Crippen LogP contribution in [0, 0.1) is 11.6 Å². The van der Waals surface area contributed by atoms with Crippen molar-refractivity contribution in [3.05, 3.63) is 70.8 Å². The largest absolute Gasteiger partial charge is 0.447 e. The van der Waals surface area contributed by atoms with E-state index in [1.165, 1.54) is 23.1 Å². The Morgan fingerprint density at radius 2 is 1.97 bits per heavy atom. The van der Waals surface area contributed by atoms with Gasteiger partial charge < -0.3 is 19.3 Å². The molecule has 2 N–H and O–H groups in total. The number of aliphatic hydroxyl groups excluding tert-OH is 1. The van der Waals surface area contributed by atoms with Gasteiger partial charge in [-0.1, -0.05) is 41.0 Å². The summed E-state index contributed by atoms with van der Waals surface area (Å²) in [5, 5.41) is 15.9. The average Bonchev–Trinajstić information content (AvgIpc) is 3.35. The number of nitrogens with zero attached hydrogens (tertiary/aromatic N) is 2. The van der Waals surface area contributed by atoms with Crippen molar-refractivity contribution in [2.45, 2.75) is 38.1 Å². The number of halogens is 3. The summed E-state index contributed by atoms with van der Waals surface area (Å²) in [4.78, 5) is 26.5.